The molecule has 3 aliphatic rings. The number of benzene rings is 10. The fraction of sp³-hybridized carbons (Fsp3) is 0.0333. The summed E-state index contributed by atoms with van der Waals surface area (Å²) in [5.74, 6) is 0. The molecule has 0 unspecified atom stereocenters. The van der Waals surface area contributed by atoms with Gasteiger partial charge in [-0.05, 0) is 102 Å². The molecule has 1 nitrogen and oxygen atoms in total. The second-order valence-corrected chi connectivity index (χ2v) is 18.5. The second kappa shape index (κ2) is 11.6. The molecule has 2 spiro atoms. The summed E-state index contributed by atoms with van der Waals surface area (Å²) >= 11 is 1.88. The predicted molar refractivity (Wildman–Crippen MR) is 259 cm³/mol. The normalized spacial score (nSPS) is 14.7. The number of hydrogen-bond donors (Lipinski definition) is 0. The van der Waals surface area contributed by atoms with Gasteiger partial charge in [-0.2, -0.15) is 0 Å². The van der Waals surface area contributed by atoms with Gasteiger partial charge >= 0.3 is 0 Å². The highest BCUT2D eigenvalue weighted by atomic mass is 32.1. The Labute approximate surface area is 362 Å². The first-order valence-electron chi connectivity index (χ1n) is 21.7. The van der Waals surface area contributed by atoms with E-state index in [1.807, 2.05) is 11.3 Å². The van der Waals surface area contributed by atoms with Gasteiger partial charge in [0.2, 0.25) is 0 Å². The van der Waals surface area contributed by atoms with Crippen LogP contribution >= 0.6 is 11.3 Å². The van der Waals surface area contributed by atoms with Gasteiger partial charge in [0, 0.05) is 42.2 Å². The summed E-state index contributed by atoms with van der Waals surface area (Å²) in [5, 5.41) is 7.75. The molecule has 2 heterocycles. The van der Waals surface area contributed by atoms with E-state index in [-0.39, 0.29) is 0 Å². The number of thiophene rings is 1. The Bertz CT molecular complexity index is 3860. The van der Waals surface area contributed by atoms with Crippen LogP contribution in [0.1, 0.15) is 44.5 Å². The number of hydrogen-bond acceptors (Lipinski definition) is 1. The second-order valence-electron chi connectivity index (χ2n) is 17.4. The third kappa shape index (κ3) is 3.75. The summed E-state index contributed by atoms with van der Waals surface area (Å²) in [5.41, 5.74) is 18.8. The van der Waals surface area contributed by atoms with Crippen molar-refractivity contribution in [2.75, 3.05) is 0 Å². The average molecular weight is 802 g/mol. The molecule has 12 aromatic rings. The van der Waals surface area contributed by atoms with E-state index in [4.69, 9.17) is 0 Å². The lowest BCUT2D eigenvalue weighted by atomic mass is 9.52. The van der Waals surface area contributed by atoms with E-state index in [0.717, 1.165) is 0 Å². The van der Waals surface area contributed by atoms with Crippen molar-refractivity contribution in [3.05, 3.63) is 257 Å². The van der Waals surface area contributed by atoms with Crippen molar-refractivity contribution >= 4 is 64.1 Å². The fourth-order valence-electron chi connectivity index (χ4n) is 12.7. The molecular weight excluding hydrogens is 767 g/mol. The van der Waals surface area contributed by atoms with Crippen molar-refractivity contribution < 1.29 is 0 Å². The van der Waals surface area contributed by atoms with Crippen molar-refractivity contribution in [2.24, 2.45) is 0 Å². The van der Waals surface area contributed by atoms with E-state index < -0.39 is 10.8 Å². The maximum Gasteiger partial charge on any atom is 0.0720 e. The molecule has 15 rings (SSSR count). The van der Waals surface area contributed by atoms with E-state index in [0.29, 0.717) is 0 Å². The molecule has 0 saturated heterocycles. The molecule has 2 aromatic heterocycles. The highest BCUT2D eigenvalue weighted by molar-refractivity contribution is 7.25. The Morgan fingerprint density at radius 1 is 0.339 bits per heavy atom. The maximum atomic E-state index is 2.60. The minimum atomic E-state index is -0.568. The molecule has 0 atom stereocenters. The minimum absolute atomic E-state index is 0.472. The van der Waals surface area contributed by atoms with Crippen LogP contribution in [0.5, 0.6) is 0 Å². The van der Waals surface area contributed by atoms with Crippen LogP contribution < -0.4 is 0 Å². The highest BCUT2D eigenvalue weighted by Gasteiger charge is 2.59. The van der Waals surface area contributed by atoms with Crippen molar-refractivity contribution in [1.29, 1.82) is 0 Å². The van der Waals surface area contributed by atoms with Crippen LogP contribution in [0, 0.1) is 0 Å². The molecule has 3 aliphatic carbocycles. The van der Waals surface area contributed by atoms with Gasteiger partial charge in [-0.3, -0.25) is 0 Å². The lowest BCUT2D eigenvalue weighted by Gasteiger charge is -2.48. The van der Waals surface area contributed by atoms with Gasteiger partial charge in [-0.25, -0.2) is 0 Å². The van der Waals surface area contributed by atoms with Gasteiger partial charge in [0.25, 0.3) is 0 Å². The average Bonchev–Trinajstić information content (AvgIpc) is 4.06. The smallest absolute Gasteiger partial charge is 0.0720 e. The molecule has 0 N–H and O–H groups in total. The van der Waals surface area contributed by atoms with Gasteiger partial charge in [0.1, 0.15) is 0 Å². The lowest BCUT2D eigenvalue weighted by Crippen LogP contribution is -2.43. The summed E-state index contributed by atoms with van der Waals surface area (Å²) in [6.07, 6.45) is 0. The predicted octanol–water partition coefficient (Wildman–Crippen LogP) is 15.3. The molecule has 10 aromatic carbocycles. The SMILES string of the molecule is c1ccc2c(c1)-c1ccccc1C21c2ccccc2C2(c3ccccc3-c3c2ccc2c4c5ccccc5ccc4n(-c4ccc5sc6ccccc6c5c4)c32)c2ccccc21. The first-order chi connectivity index (χ1) is 30.8. The first-order valence-corrected chi connectivity index (χ1v) is 22.5. The lowest BCUT2D eigenvalue weighted by molar-refractivity contribution is 0.633. The number of aromatic nitrogens is 1. The van der Waals surface area contributed by atoms with E-state index in [2.05, 4.69) is 217 Å². The van der Waals surface area contributed by atoms with E-state index >= 15 is 0 Å². The number of rotatable bonds is 1. The van der Waals surface area contributed by atoms with E-state index in [1.54, 1.807) is 0 Å². The van der Waals surface area contributed by atoms with Gasteiger partial charge in [0.05, 0.1) is 21.9 Å². The van der Waals surface area contributed by atoms with Crippen LogP contribution in [0.15, 0.2) is 212 Å². The highest BCUT2D eigenvalue weighted by Crippen LogP contribution is 2.68. The van der Waals surface area contributed by atoms with Crippen LogP contribution in [0.3, 0.4) is 0 Å². The van der Waals surface area contributed by atoms with Gasteiger partial charge < -0.3 is 4.57 Å². The topological polar surface area (TPSA) is 4.93 Å². The summed E-state index contributed by atoms with van der Waals surface area (Å²) < 4.78 is 5.24. The Balaban J connectivity index is 1.13. The Morgan fingerprint density at radius 2 is 0.855 bits per heavy atom. The van der Waals surface area contributed by atoms with Crippen LogP contribution in [0.4, 0.5) is 0 Å². The molecular formula is C60H35NS. The molecule has 2 heteroatoms. The number of fused-ring (bicyclic) bond motifs is 25. The van der Waals surface area contributed by atoms with Crippen molar-refractivity contribution in [3.8, 4) is 27.9 Å². The fourth-order valence-corrected chi connectivity index (χ4v) is 13.8. The Kier molecular flexibility index (Phi) is 6.24. The maximum absolute atomic E-state index is 2.60. The largest absolute Gasteiger partial charge is 0.309 e. The zero-order valence-corrected chi connectivity index (χ0v) is 34.4. The third-order valence-electron chi connectivity index (χ3n) is 14.9. The van der Waals surface area contributed by atoms with E-state index in [1.165, 1.54) is 125 Å². The van der Waals surface area contributed by atoms with Crippen LogP contribution in [0.25, 0.3) is 80.7 Å². The molecule has 286 valence electrons. The van der Waals surface area contributed by atoms with Gasteiger partial charge in [-0.15, -0.1) is 11.3 Å². The van der Waals surface area contributed by atoms with Crippen LogP contribution in [-0.2, 0) is 10.8 Å². The zero-order valence-electron chi connectivity index (χ0n) is 33.6. The number of nitrogens with zero attached hydrogens (tertiary/aromatic N) is 1. The Hall–Kier alpha value is -7.52. The Morgan fingerprint density at radius 3 is 1.53 bits per heavy atom. The molecule has 0 aliphatic heterocycles. The monoisotopic (exact) mass is 801 g/mol. The summed E-state index contributed by atoms with van der Waals surface area (Å²) in [7, 11) is 0. The van der Waals surface area contributed by atoms with Crippen molar-refractivity contribution in [2.45, 2.75) is 10.8 Å². The van der Waals surface area contributed by atoms with Gasteiger partial charge in [-0.1, -0.05) is 182 Å². The molecule has 0 radical (unpaired) electrons. The molecule has 0 bridgehead atoms. The first kappa shape index (κ1) is 33.2. The van der Waals surface area contributed by atoms with Crippen molar-refractivity contribution in [3.63, 3.8) is 0 Å². The molecule has 62 heavy (non-hydrogen) atoms. The summed E-state index contributed by atoms with van der Waals surface area (Å²) in [6.45, 7) is 0. The standard InChI is InChI=1S/C60H35NS/c1-2-16-38-36(15-1)29-33-53-56(38)43-31-32-52-57(58(43)61(53)37-30-34-55-44(35-37)41-19-6-14-28-54(41)62-55)42-20-5-9-23-47(42)60(52)50-26-12-10-24-48(50)59(49-25-11-13-27-51(49)60)45-21-7-3-17-39(45)40-18-4-8-22-46(40)59/h1-35H. The van der Waals surface area contributed by atoms with Crippen molar-refractivity contribution in [1.82, 2.24) is 4.57 Å². The molecule has 0 amide bonds. The minimum Gasteiger partial charge on any atom is -0.309 e. The summed E-state index contributed by atoms with van der Waals surface area (Å²) in [4.78, 5) is 0. The van der Waals surface area contributed by atoms with Crippen LogP contribution in [-0.4, -0.2) is 4.57 Å². The quantitative estimate of drug-likeness (QED) is 0.156. The van der Waals surface area contributed by atoms with E-state index in [9.17, 15) is 0 Å². The third-order valence-corrected chi connectivity index (χ3v) is 16.0. The summed E-state index contributed by atoms with van der Waals surface area (Å²) in [6, 6.07) is 81.0. The molecule has 0 saturated carbocycles. The molecule has 0 fully saturated rings. The zero-order chi connectivity index (χ0) is 40.3. The van der Waals surface area contributed by atoms with Crippen LogP contribution in [0.2, 0.25) is 0 Å². The van der Waals surface area contributed by atoms with Gasteiger partial charge in [0.15, 0.2) is 0 Å².